The molecule has 0 radical (unpaired) electrons. The van der Waals surface area contributed by atoms with Crippen LogP contribution in [0.3, 0.4) is 0 Å². The van der Waals surface area contributed by atoms with Crippen LogP contribution in [0.5, 0.6) is 0 Å². The molecular formula is C72H75F2N11O9S2. The molecule has 96 heavy (non-hydrogen) atoms. The Morgan fingerprint density at radius 1 is 0.573 bits per heavy atom. The van der Waals surface area contributed by atoms with Gasteiger partial charge < -0.3 is 47.4 Å². The van der Waals surface area contributed by atoms with E-state index in [1.165, 1.54) is 50.3 Å². The number of aromatic amines is 1. The maximum Gasteiger partial charge on any atom is 0.311 e. The van der Waals surface area contributed by atoms with Crippen molar-refractivity contribution in [3.8, 4) is 32.4 Å². The highest BCUT2D eigenvalue weighted by molar-refractivity contribution is 7.17. The Kier molecular flexibility index (Phi) is 25.9. The third-order valence-electron chi connectivity index (χ3n) is 15.4. The summed E-state index contributed by atoms with van der Waals surface area (Å²) < 4.78 is 42.1. The van der Waals surface area contributed by atoms with E-state index in [4.69, 9.17) is 31.4 Å². The van der Waals surface area contributed by atoms with Gasteiger partial charge in [0.2, 0.25) is 0 Å². The Bertz CT molecular complexity index is 4250. The quantitative estimate of drug-likeness (QED) is 0.0218. The Morgan fingerprint density at radius 2 is 1.05 bits per heavy atom. The number of nitrogens with two attached hydrogens (primary N) is 3. The second-order valence-corrected chi connectivity index (χ2v) is 24.2. The number of hydrogen-bond acceptors (Lipinski definition) is 18. The summed E-state index contributed by atoms with van der Waals surface area (Å²) >= 11 is 2.33. The summed E-state index contributed by atoms with van der Waals surface area (Å²) in [6.07, 6.45) is 5.97. The Hall–Kier alpha value is -11.0. The Labute approximate surface area is 563 Å². The van der Waals surface area contributed by atoms with Gasteiger partial charge in [-0.25, -0.2) is 18.7 Å². The smallest absolute Gasteiger partial charge is 0.311 e. The van der Waals surface area contributed by atoms with E-state index in [1.54, 1.807) is 40.1 Å². The number of rotatable bonds is 24. The lowest BCUT2D eigenvalue weighted by Crippen LogP contribution is -2.43. The number of aryl methyl sites for hydroxylation is 1. The molecule has 0 aliphatic heterocycles. The second kappa shape index (κ2) is 34.3. The van der Waals surface area contributed by atoms with E-state index in [0.29, 0.717) is 63.2 Å². The maximum absolute atomic E-state index is 14.0. The first-order valence-corrected chi connectivity index (χ1v) is 31.7. The number of methoxy groups -OCH3 is 3. The molecule has 0 saturated carbocycles. The van der Waals surface area contributed by atoms with Crippen molar-refractivity contribution in [2.24, 2.45) is 35.0 Å². The van der Waals surface area contributed by atoms with Crippen LogP contribution in [0.1, 0.15) is 90.4 Å². The molecular weight excluding hydrogens is 1260 g/mol. The van der Waals surface area contributed by atoms with E-state index in [0.717, 1.165) is 68.0 Å². The minimum atomic E-state index is -0.766. The SMILES string of the molecule is C=C(N)c1cccc(CC(C(=O)OC)C(C)NC(=O)c2c(-c3ccccc3)n[nH]c2C)c1.C=C(N)c1cccc(CC(C(=O)OC)C(C)NC(=O)c2cnc(-c3cccnc3)s2)c1.C=C(N)c1cccc(CC(C(=O)OC)C(C)NC(=O)c2csc(-c3ccc(F)cc3F)n2)c1. The molecule has 10 N–H and O–H groups in total. The normalized spacial score (nSPS) is 12.6. The predicted molar refractivity (Wildman–Crippen MR) is 369 cm³/mol. The number of amides is 3. The highest BCUT2D eigenvalue weighted by atomic mass is 32.1. The van der Waals surface area contributed by atoms with Gasteiger partial charge in [0.05, 0.1) is 50.8 Å². The summed E-state index contributed by atoms with van der Waals surface area (Å²) in [4.78, 5) is 89.2. The molecule has 0 saturated heterocycles. The number of pyridine rings is 1. The van der Waals surface area contributed by atoms with Gasteiger partial charge >= 0.3 is 17.9 Å². The number of thiazole rings is 2. The van der Waals surface area contributed by atoms with E-state index in [1.807, 2.05) is 115 Å². The van der Waals surface area contributed by atoms with Crippen LogP contribution in [0.4, 0.5) is 8.78 Å². The van der Waals surface area contributed by atoms with Crippen LogP contribution in [0, 0.1) is 36.3 Å². The average Bonchev–Trinajstić information content (AvgIpc) is 2.19. The third-order valence-corrected chi connectivity index (χ3v) is 17.3. The van der Waals surface area contributed by atoms with Crippen molar-refractivity contribution in [1.82, 2.24) is 41.1 Å². The summed E-state index contributed by atoms with van der Waals surface area (Å²) in [5.41, 5.74) is 27.1. The molecule has 0 spiro atoms. The fourth-order valence-corrected chi connectivity index (χ4v) is 11.8. The van der Waals surface area contributed by atoms with Crippen LogP contribution < -0.4 is 33.2 Å². The average molecular weight is 1340 g/mol. The van der Waals surface area contributed by atoms with Gasteiger partial charge in [0, 0.05) is 81.4 Å². The van der Waals surface area contributed by atoms with Gasteiger partial charge in [-0.05, 0) is 123 Å². The molecule has 0 bridgehead atoms. The van der Waals surface area contributed by atoms with Gasteiger partial charge in [-0.2, -0.15) is 5.10 Å². The zero-order valence-corrected chi connectivity index (χ0v) is 55.6. The fourth-order valence-electron chi connectivity index (χ4n) is 10.1. The lowest BCUT2D eigenvalue weighted by molar-refractivity contribution is -0.147. The summed E-state index contributed by atoms with van der Waals surface area (Å²) in [5.74, 6) is -5.69. The second-order valence-electron chi connectivity index (χ2n) is 22.3. The molecule has 20 nitrogen and oxygen atoms in total. The first kappa shape index (κ1) is 72.4. The zero-order valence-electron chi connectivity index (χ0n) is 54.0. The first-order valence-electron chi connectivity index (χ1n) is 30.0. The van der Waals surface area contributed by atoms with Gasteiger partial charge in [-0.3, -0.25) is 38.8 Å². The number of carbonyl (C=O) groups is 6. The summed E-state index contributed by atoms with van der Waals surface area (Å²) in [6, 6.07) is 37.1. The highest BCUT2D eigenvalue weighted by Gasteiger charge is 2.32. The monoisotopic (exact) mass is 1340 g/mol. The molecule has 498 valence electrons. The maximum atomic E-state index is 14.0. The molecule has 3 amide bonds. The summed E-state index contributed by atoms with van der Waals surface area (Å²) in [5, 5.41) is 18.3. The van der Waals surface area contributed by atoms with Crippen LogP contribution in [0.15, 0.2) is 177 Å². The van der Waals surface area contributed by atoms with Crippen molar-refractivity contribution in [1.29, 1.82) is 0 Å². The molecule has 6 unspecified atom stereocenters. The van der Waals surface area contributed by atoms with E-state index in [-0.39, 0.29) is 28.1 Å². The minimum absolute atomic E-state index is 0.0654. The van der Waals surface area contributed by atoms with Crippen LogP contribution in [-0.2, 0) is 47.9 Å². The number of hydrogen-bond donors (Lipinski definition) is 7. The molecule has 5 aromatic carbocycles. The van der Waals surface area contributed by atoms with Crippen LogP contribution in [0.25, 0.3) is 49.5 Å². The lowest BCUT2D eigenvalue weighted by Gasteiger charge is -2.23. The number of H-pyrrole nitrogens is 1. The third kappa shape index (κ3) is 19.5. The van der Waals surface area contributed by atoms with Gasteiger partial charge in [0.25, 0.3) is 17.7 Å². The number of halogens is 2. The Morgan fingerprint density at radius 3 is 1.51 bits per heavy atom. The summed E-state index contributed by atoms with van der Waals surface area (Å²) in [6.45, 7) is 18.3. The molecule has 4 aromatic heterocycles. The number of nitrogens with zero attached hydrogens (tertiary/aromatic N) is 4. The van der Waals surface area contributed by atoms with Crippen molar-refractivity contribution < 1.29 is 51.8 Å². The number of benzene rings is 5. The van der Waals surface area contributed by atoms with Crippen LogP contribution in [0.2, 0.25) is 0 Å². The molecule has 6 atom stereocenters. The minimum Gasteiger partial charge on any atom is -0.469 e. The molecule has 0 fully saturated rings. The van der Waals surface area contributed by atoms with E-state index in [9.17, 15) is 37.5 Å². The van der Waals surface area contributed by atoms with E-state index in [2.05, 4.69) is 60.8 Å². The van der Waals surface area contributed by atoms with Gasteiger partial charge in [0.1, 0.15) is 37.9 Å². The van der Waals surface area contributed by atoms with Crippen molar-refractivity contribution in [3.63, 3.8) is 0 Å². The lowest BCUT2D eigenvalue weighted by atomic mass is 9.91. The molecule has 24 heteroatoms. The molecule has 0 aliphatic carbocycles. The highest BCUT2D eigenvalue weighted by Crippen LogP contribution is 2.30. The van der Waals surface area contributed by atoms with Crippen LogP contribution in [-0.4, -0.2) is 100 Å². The fraction of sp³-hybridized carbons (Fsp3) is 0.222. The molecule has 9 aromatic rings. The van der Waals surface area contributed by atoms with Crippen molar-refractivity contribution in [3.05, 3.63) is 244 Å². The topological polar surface area (TPSA) is 312 Å². The number of nitrogens with one attached hydrogen (secondary N) is 4. The van der Waals surface area contributed by atoms with Crippen LogP contribution >= 0.6 is 22.7 Å². The zero-order chi connectivity index (χ0) is 69.8. The first-order chi connectivity index (χ1) is 45.9. The standard InChI is InChI=1S/C25H28N4O3.C24H23F2N3O3S.C23H24N4O3S/c1-15(26)20-12-8-9-18(13-20)14-21(25(31)32-4)16(2)27-24(30)22-17(3)28-29-23(22)19-10-6-5-7-11-19;1-13(27)16-6-4-5-15(9-16)10-19(24(31)32-3)14(2)28-22(30)21-12-33-23(29-21)18-8-7-17(25)11-20(18)26;1-14(24)17-7-4-6-16(10-17)11-19(23(29)30-3)15(2)27-21(28)20-13-26-22(31-20)18-8-5-9-25-12-18/h5-13,16,21H,1,14,26H2,2-4H3,(H,27,30)(H,28,29);4-9,11-12,14,19H,1,10,27H2,2-3H3,(H,28,30);4-10,12-13,15,19H,1,11,24H2,2-3H3,(H,27,28). The number of ether oxygens (including phenoxy) is 3. The number of esters is 3. The molecule has 0 aliphatic rings. The molecule has 4 heterocycles. The van der Waals surface area contributed by atoms with E-state index >= 15 is 0 Å². The molecule has 9 rings (SSSR count). The number of aromatic nitrogens is 5. The Balaban J connectivity index is 0.000000203. The number of carbonyl (C=O) groups excluding carboxylic acids is 6. The van der Waals surface area contributed by atoms with Crippen molar-refractivity contribution >= 4 is 75.4 Å². The van der Waals surface area contributed by atoms with Gasteiger partial charge in [-0.15, -0.1) is 22.7 Å². The largest absolute Gasteiger partial charge is 0.469 e. The van der Waals surface area contributed by atoms with Gasteiger partial charge in [0.15, 0.2) is 0 Å². The predicted octanol–water partition coefficient (Wildman–Crippen LogP) is 10.9. The van der Waals surface area contributed by atoms with Crippen molar-refractivity contribution in [2.45, 2.75) is 65.1 Å². The van der Waals surface area contributed by atoms with Crippen molar-refractivity contribution in [2.75, 3.05) is 21.3 Å². The van der Waals surface area contributed by atoms with E-state index < -0.39 is 71.3 Å². The summed E-state index contributed by atoms with van der Waals surface area (Å²) in [7, 11) is 3.97. The van der Waals surface area contributed by atoms with Gasteiger partial charge in [-0.1, -0.05) is 105 Å².